The number of nitrogens with zero attached hydrogens (tertiary/aromatic N) is 1. The van der Waals surface area contributed by atoms with Crippen LogP contribution in [0.15, 0.2) is 41.3 Å². The van der Waals surface area contributed by atoms with Gasteiger partial charge in [-0.1, -0.05) is 6.07 Å². The van der Waals surface area contributed by atoms with Crippen molar-refractivity contribution in [3.63, 3.8) is 0 Å². The van der Waals surface area contributed by atoms with Gasteiger partial charge in [0, 0.05) is 18.4 Å². The Morgan fingerprint density at radius 3 is 2.54 bits per heavy atom. The fourth-order valence-electron chi connectivity index (χ4n) is 1.77. The van der Waals surface area contributed by atoms with Crippen molar-refractivity contribution in [2.24, 2.45) is 5.73 Å². The molecule has 0 aliphatic heterocycles. The van der Waals surface area contributed by atoms with E-state index in [9.17, 15) is 18.0 Å². The van der Waals surface area contributed by atoms with E-state index in [-0.39, 0.29) is 5.91 Å². The summed E-state index contributed by atoms with van der Waals surface area (Å²) in [6.07, 6.45) is 0.275. The summed E-state index contributed by atoms with van der Waals surface area (Å²) in [7, 11) is 0. The van der Waals surface area contributed by atoms with Crippen LogP contribution in [0.1, 0.15) is 16.8 Å². The number of halogens is 3. The van der Waals surface area contributed by atoms with Crippen molar-refractivity contribution < 1.29 is 32.3 Å². The fraction of sp³-hybridized carbons (Fsp3) is 0.312. The van der Waals surface area contributed by atoms with Gasteiger partial charge in [0.05, 0.1) is 18.6 Å². The number of carbonyl (C=O) groups excluding carboxylic acids is 1. The molecule has 7 nitrogen and oxygen atoms in total. The van der Waals surface area contributed by atoms with Crippen LogP contribution in [0, 0.1) is 6.92 Å². The number of rotatable bonds is 5. The quantitative estimate of drug-likeness (QED) is 0.735. The second kappa shape index (κ2) is 9.56. The highest BCUT2D eigenvalue weighted by Gasteiger charge is 2.38. The zero-order valence-corrected chi connectivity index (χ0v) is 13.8. The summed E-state index contributed by atoms with van der Waals surface area (Å²) in [4.78, 5) is 24.9. The lowest BCUT2D eigenvalue weighted by Crippen LogP contribution is -2.41. The number of nitrogens with one attached hydrogen (secondary N) is 1. The third kappa shape index (κ3) is 7.34. The van der Waals surface area contributed by atoms with Gasteiger partial charge < -0.3 is 20.6 Å². The van der Waals surface area contributed by atoms with Gasteiger partial charge in [0.2, 0.25) is 5.91 Å². The lowest BCUT2D eigenvalue weighted by atomic mass is 10.1. The number of amides is 1. The monoisotopic (exact) mass is 373 g/mol. The van der Waals surface area contributed by atoms with Gasteiger partial charge in [-0.15, -0.1) is 0 Å². The summed E-state index contributed by atoms with van der Waals surface area (Å²) in [5.74, 6) is -2.93. The number of hydrogen-bond donors (Lipinski definition) is 3. The molecule has 0 aromatic carbocycles. The van der Waals surface area contributed by atoms with Crippen LogP contribution in [-0.2, 0) is 22.6 Å². The predicted octanol–water partition coefficient (Wildman–Crippen LogP) is 1.80. The molecule has 0 fully saturated rings. The van der Waals surface area contributed by atoms with Crippen LogP contribution in [0.25, 0.3) is 0 Å². The Morgan fingerprint density at radius 2 is 2.04 bits per heavy atom. The smallest absolute Gasteiger partial charge is 0.475 e. The van der Waals surface area contributed by atoms with Crippen LogP contribution in [-0.4, -0.2) is 34.2 Å². The highest BCUT2D eigenvalue weighted by atomic mass is 19.4. The molecule has 26 heavy (non-hydrogen) atoms. The van der Waals surface area contributed by atoms with Crippen LogP contribution >= 0.6 is 0 Å². The Bertz CT molecular complexity index is 718. The van der Waals surface area contributed by atoms with Crippen molar-refractivity contribution in [1.29, 1.82) is 0 Å². The number of aromatic nitrogens is 1. The minimum Gasteiger partial charge on any atom is -0.475 e. The molecule has 10 heteroatoms. The Balaban J connectivity index is 0.000000412. The van der Waals surface area contributed by atoms with E-state index in [1.54, 1.807) is 24.8 Å². The van der Waals surface area contributed by atoms with Gasteiger partial charge in [-0.2, -0.15) is 13.2 Å². The molecule has 0 saturated heterocycles. The largest absolute Gasteiger partial charge is 0.490 e. The third-order valence-electron chi connectivity index (χ3n) is 3.18. The molecule has 0 aliphatic carbocycles. The first-order valence-electron chi connectivity index (χ1n) is 7.36. The second-order valence-electron chi connectivity index (χ2n) is 5.21. The Labute approximate surface area is 147 Å². The molecule has 1 atom stereocenters. The van der Waals surface area contributed by atoms with Crippen LogP contribution in [0.4, 0.5) is 13.2 Å². The fourth-order valence-corrected chi connectivity index (χ4v) is 1.77. The molecule has 2 aromatic heterocycles. The first kappa shape index (κ1) is 21.2. The first-order valence-corrected chi connectivity index (χ1v) is 7.36. The summed E-state index contributed by atoms with van der Waals surface area (Å²) < 4.78 is 36.7. The van der Waals surface area contributed by atoms with Gasteiger partial charge in [0.15, 0.2) is 0 Å². The maximum atomic E-state index is 11.9. The summed E-state index contributed by atoms with van der Waals surface area (Å²) in [6, 6.07) is 5.01. The van der Waals surface area contributed by atoms with Gasteiger partial charge >= 0.3 is 12.1 Å². The molecule has 0 spiro atoms. The summed E-state index contributed by atoms with van der Waals surface area (Å²) >= 11 is 0. The molecule has 2 aromatic rings. The van der Waals surface area contributed by atoms with Gasteiger partial charge in [0.25, 0.3) is 0 Å². The normalized spacial score (nSPS) is 11.9. The average molecular weight is 373 g/mol. The molecule has 4 N–H and O–H groups in total. The highest BCUT2D eigenvalue weighted by molar-refractivity contribution is 5.81. The highest BCUT2D eigenvalue weighted by Crippen LogP contribution is 2.13. The van der Waals surface area contributed by atoms with E-state index in [1.165, 1.54) is 0 Å². The number of hydrogen-bond acceptors (Lipinski definition) is 5. The van der Waals surface area contributed by atoms with Crippen molar-refractivity contribution in [3.05, 3.63) is 53.7 Å². The number of alkyl halides is 3. The molecule has 142 valence electrons. The molecular weight excluding hydrogens is 355 g/mol. The van der Waals surface area contributed by atoms with Crippen LogP contribution in [0.5, 0.6) is 0 Å². The lowest BCUT2D eigenvalue weighted by molar-refractivity contribution is -0.192. The molecule has 1 unspecified atom stereocenters. The number of aliphatic carboxylic acids is 1. The molecule has 0 saturated carbocycles. The number of nitrogens with two attached hydrogens (primary N) is 1. The molecule has 0 aliphatic rings. The van der Waals surface area contributed by atoms with Crippen LogP contribution < -0.4 is 11.1 Å². The van der Waals surface area contributed by atoms with Gasteiger partial charge in [-0.25, -0.2) is 4.79 Å². The average Bonchev–Trinajstić information content (AvgIpc) is 3.06. The summed E-state index contributed by atoms with van der Waals surface area (Å²) in [5.41, 5.74) is 8.66. The van der Waals surface area contributed by atoms with E-state index in [1.807, 2.05) is 19.1 Å². The molecule has 0 radical (unpaired) electrons. The Morgan fingerprint density at radius 1 is 1.38 bits per heavy atom. The van der Waals surface area contributed by atoms with Crippen molar-refractivity contribution in [1.82, 2.24) is 10.3 Å². The van der Waals surface area contributed by atoms with E-state index < -0.39 is 18.2 Å². The molecular formula is C16H18F3N3O4. The van der Waals surface area contributed by atoms with Crippen molar-refractivity contribution in [3.8, 4) is 0 Å². The minimum atomic E-state index is -5.08. The first-order chi connectivity index (χ1) is 12.1. The Hall–Kier alpha value is -2.88. The lowest BCUT2D eigenvalue weighted by Gasteiger charge is -2.12. The molecule has 2 heterocycles. The maximum absolute atomic E-state index is 11.9. The Kier molecular flexibility index (Phi) is 7.78. The number of furan rings is 1. The zero-order chi connectivity index (χ0) is 19.7. The molecule has 2 rings (SSSR count). The SMILES string of the molecule is Cc1ncccc1CNC(=O)C(N)Cc1ccoc1.O=C(O)C(F)(F)F. The number of carboxylic acids is 1. The van der Waals surface area contributed by atoms with Crippen molar-refractivity contribution in [2.75, 3.05) is 0 Å². The van der Waals surface area contributed by atoms with E-state index in [0.29, 0.717) is 13.0 Å². The number of carbonyl (C=O) groups is 2. The van der Waals surface area contributed by atoms with Crippen LogP contribution in [0.2, 0.25) is 0 Å². The van der Waals surface area contributed by atoms with Crippen molar-refractivity contribution in [2.45, 2.75) is 32.1 Å². The van der Waals surface area contributed by atoms with Crippen LogP contribution in [0.3, 0.4) is 0 Å². The summed E-state index contributed by atoms with van der Waals surface area (Å²) in [6.45, 7) is 2.35. The number of carboxylic acid groups (broad SMARTS) is 1. The van der Waals surface area contributed by atoms with E-state index in [2.05, 4.69) is 10.3 Å². The standard InChI is InChI=1S/C14H17N3O2.C2HF3O2/c1-10-12(3-2-5-16-10)8-17-14(18)13(15)7-11-4-6-19-9-11;3-2(4,5)1(6)7/h2-6,9,13H,7-8,15H2,1H3,(H,17,18);(H,6,7). The maximum Gasteiger partial charge on any atom is 0.490 e. The molecule has 1 amide bonds. The van der Waals surface area contributed by atoms with Gasteiger partial charge in [0.1, 0.15) is 0 Å². The zero-order valence-electron chi connectivity index (χ0n) is 13.8. The van der Waals surface area contributed by atoms with E-state index in [0.717, 1.165) is 16.8 Å². The van der Waals surface area contributed by atoms with E-state index >= 15 is 0 Å². The third-order valence-corrected chi connectivity index (χ3v) is 3.18. The van der Waals surface area contributed by atoms with E-state index in [4.69, 9.17) is 20.1 Å². The number of pyridine rings is 1. The second-order valence-corrected chi connectivity index (χ2v) is 5.21. The summed E-state index contributed by atoms with van der Waals surface area (Å²) in [5, 5.41) is 9.94. The van der Waals surface area contributed by atoms with Crippen molar-refractivity contribution >= 4 is 11.9 Å². The van der Waals surface area contributed by atoms with Gasteiger partial charge in [-0.05, 0) is 36.6 Å². The minimum absolute atomic E-state index is 0.176. The number of aryl methyl sites for hydroxylation is 1. The topological polar surface area (TPSA) is 118 Å². The molecule has 0 bridgehead atoms. The predicted molar refractivity (Wildman–Crippen MR) is 84.9 cm³/mol. The van der Waals surface area contributed by atoms with Gasteiger partial charge in [-0.3, -0.25) is 9.78 Å².